The molecule has 0 fully saturated rings. The van der Waals surface area contributed by atoms with Crippen molar-refractivity contribution in [2.24, 2.45) is 0 Å². The van der Waals surface area contributed by atoms with Crippen LogP contribution in [0.2, 0.25) is 0 Å². The summed E-state index contributed by atoms with van der Waals surface area (Å²) in [6.07, 6.45) is 7.27. The van der Waals surface area contributed by atoms with Crippen molar-refractivity contribution in [2.75, 3.05) is 11.9 Å². The number of benzene rings is 1. The maximum absolute atomic E-state index is 13.3. The van der Waals surface area contributed by atoms with Crippen LogP contribution in [0.25, 0.3) is 22.6 Å². The van der Waals surface area contributed by atoms with Gasteiger partial charge in [0.1, 0.15) is 11.5 Å². The Morgan fingerprint density at radius 3 is 2.85 bits per heavy atom. The van der Waals surface area contributed by atoms with E-state index in [1.54, 1.807) is 12.3 Å². The fourth-order valence-corrected chi connectivity index (χ4v) is 3.95. The average molecular weight is 440 g/mol. The molecule has 0 saturated heterocycles. The van der Waals surface area contributed by atoms with Crippen molar-refractivity contribution in [3.63, 3.8) is 0 Å². The molecular weight excluding hydrogens is 414 g/mol. The largest absolute Gasteiger partial charge is 0.377 e. The number of aromatic nitrogens is 4. The van der Waals surface area contributed by atoms with E-state index in [1.165, 1.54) is 0 Å². The second kappa shape index (κ2) is 9.34. The van der Waals surface area contributed by atoms with Crippen molar-refractivity contribution >= 4 is 11.7 Å². The van der Waals surface area contributed by atoms with Gasteiger partial charge in [0.05, 0.1) is 6.61 Å². The molecule has 1 aliphatic rings. The van der Waals surface area contributed by atoms with Crippen LogP contribution < -0.4 is 5.32 Å². The molecule has 1 N–H and O–H groups in total. The number of ether oxygens (including phenoxy) is 1. The molecule has 1 aliphatic heterocycles. The van der Waals surface area contributed by atoms with Crippen molar-refractivity contribution in [3.8, 4) is 22.6 Å². The van der Waals surface area contributed by atoms with Crippen LogP contribution in [0, 0.1) is 0 Å². The zero-order valence-electron chi connectivity index (χ0n) is 18.5. The number of nitrogens with zero attached hydrogens (tertiary/aromatic N) is 4. The van der Waals surface area contributed by atoms with Gasteiger partial charge in [-0.05, 0) is 48.2 Å². The number of carbonyl (C=O) groups is 1. The number of amides is 1. The van der Waals surface area contributed by atoms with Gasteiger partial charge in [-0.15, -0.1) is 0 Å². The van der Waals surface area contributed by atoms with Crippen molar-refractivity contribution in [2.45, 2.75) is 32.9 Å². The zero-order chi connectivity index (χ0) is 22.6. The number of rotatable bonds is 2. The number of hydrogen-bond donors (Lipinski definition) is 1. The molecule has 0 saturated carbocycles. The Morgan fingerprint density at radius 1 is 1.09 bits per heavy atom. The second-order valence-electron chi connectivity index (χ2n) is 7.98. The molecule has 1 amide bonds. The predicted octanol–water partition coefficient (Wildman–Crippen LogP) is 4.74. The molecule has 0 unspecified atom stereocenters. The van der Waals surface area contributed by atoms with Gasteiger partial charge in [-0.25, -0.2) is 9.97 Å². The zero-order valence-corrected chi connectivity index (χ0v) is 18.5. The molecule has 3 aromatic heterocycles. The fraction of sp³-hybridized carbons (Fsp3) is 0.231. The number of nitrogens with one attached hydrogen (secondary N) is 1. The molecule has 0 aliphatic carbocycles. The summed E-state index contributed by atoms with van der Waals surface area (Å²) < 4.78 is 7.99. The summed E-state index contributed by atoms with van der Waals surface area (Å²) >= 11 is 0. The number of aryl methyl sites for hydroxylation is 2. The minimum atomic E-state index is -0.223. The van der Waals surface area contributed by atoms with E-state index in [2.05, 4.69) is 31.8 Å². The number of anilines is 1. The highest BCUT2D eigenvalue weighted by atomic mass is 16.5. The summed E-state index contributed by atoms with van der Waals surface area (Å²) in [6.45, 7) is 3.80. The number of hydrogen-bond acceptors (Lipinski definition) is 5. The van der Waals surface area contributed by atoms with Crippen LogP contribution in [-0.2, 0) is 24.3 Å². The maximum Gasteiger partial charge on any atom is 0.257 e. The molecule has 7 heteroatoms. The lowest BCUT2D eigenvalue weighted by molar-refractivity contribution is 0.1000. The lowest BCUT2D eigenvalue weighted by Crippen LogP contribution is -2.17. The van der Waals surface area contributed by atoms with Crippen molar-refractivity contribution < 1.29 is 9.53 Å². The monoisotopic (exact) mass is 439 g/mol. The number of fused-ring (bicyclic) bond motifs is 5. The van der Waals surface area contributed by atoms with E-state index < -0.39 is 0 Å². The lowest BCUT2D eigenvalue weighted by Gasteiger charge is -2.15. The van der Waals surface area contributed by atoms with E-state index in [1.807, 2.05) is 54.9 Å². The van der Waals surface area contributed by atoms with E-state index in [-0.39, 0.29) is 5.91 Å². The molecule has 5 rings (SSSR count). The van der Waals surface area contributed by atoms with Crippen LogP contribution in [0.15, 0.2) is 67.1 Å². The third-order valence-corrected chi connectivity index (χ3v) is 5.76. The second-order valence-corrected chi connectivity index (χ2v) is 7.98. The molecule has 0 atom stereocenters. The Balaban J connectivity index is 1.52. The summed E-state index contributed by atoms with van der Waals surface area (Å²) in [5.41, 5.74) is 5.06. The summed E-state index contributed by atoms with van der Waals surface area (Å²) in [7, 11) is 0. The smallest absolute Gasteiger partial charge is 0.257 e. The Labute approximate surface area is 192 Å². The molecule has 166 valence electrons. The first-order valence-corrected chi connectivity index (χ1v) is 11.2. The van der Waals surface area contributed by atoms with Crippen molar-refractivity contribution in [3.05, 3.63) is 83.9 Å². The highest BCUT2D eigenvalue weighted by Gasteiger charge is 2.16. The van der Waals surface area contributed by atoms with Gasteiger partial charge in [0.2, 0.25) is 0 Å². The Bertz CT molecular complexity index is 1280. The van der Waals surface area contributed by atoms with Crippen LogP contribution in [0.5, 0.6) is 0 Å². The van der Waals surface area contributed by atoms with E-state index in [0.29, 0.717) is 30.3 Å². The Morgan fingerprint density at radius 2 is 2.00 bits per heavy atom. The van der Waals surface area contributed by atoms with Crippen molar-refractivity contribution in [1.82, 2.24) is 19.5 Å². The normalized spacial score (nSPS) is 14.0. The average Bonchev–Trinajstić information content (AvgIpc) is 3.32. The lowest BCUT2D eigenvalue weighted by atomic mass is 9.99. The van der Waals surface area contributed by atoms with Gasteiger partial charge in [-0.1, -0.05) is 31.2 Å². The first kappa shape index (κ1) is 21.0. The summed E-state index contributed by atoms with van der Waals surface area (Å²) in [4.78, 5) is 26.9. The Kier molecular flexibility index (Phi) is 5.95. The van der Waals surface area contributed by atoms with Crippen LogP contribution in [0.1, 0.15) is 35.0 Å². The molecule has 7 nitrogen and oxygen atoms in total. The molecule has 33 heavy (non-hydrogen) atoms. The highest BCUT2D eigenvalue weighted by Crippen LogP contribution is 2.25. The number of pyridine rings is 2. The number of carbonyl (C=O) groups excluding carboxylic acids is 1. The van der Waals surface area contributed by atoms with Gasteiger partial charge in [0.15, 0.2) is 5.82 Å². The van der Waals surface area contributed by atoms with Crippen molar-refractivity contribution in [1.29, 1.82) is 0 Å². The first-order valence-electron chi connectivity index (χ1n) is 11.2. The van der Waals surface area contributed by atoms with E-state index in [9.17, 15) is 4.79 Å². The third-order valence-electron chi connectivity index (χ3n) is 5.76. The Hall–Kier alpha value is -3.84. The predicted molar refractivity (Wildman–Crippen MR) is 127 cm³/mol. The van der Waals surface area contributed by atoms with Gasteiger partial charge in [-0.3, -0.25) is 9.78 Å². The maximum atomic E-state index is 13.3. The first-order chi connectivity index (χ1) is 16.2. The minimum Gasteiger partial charge on any atom is -0.377 e. The van der Waals surface area contributed by atoms with Gasteiger partial charge in [0, 0.05) is 48.6 Å². The molecule has 0 radical (unpaired) electrons. The summed E-state index contributed by atoms with van der Waals surface area (Å²) in [5.74, 6) is 1.03. The van der Waals surface area contributed by atoms with E-state index in [0.717, 1.165) is 47.6 Å². The number of imidazole rings is 1. The molecule has 1 aromatic carbocycles. The molecular formula is C26H25N5O2. The van der Waals surface area contributed by atoms with Gasteiger partial charge in [-0.2, -0.15) is 0 Å². The van der Waals surface area contributed by atoms with Gasteiger partial charge >= 0.3 is 0 Å². The molecule has 2 bridgehead atoms. The van der Waals surface area contributed by atoms with Crippen LogP contribution in [0.4, 0.5) is 5.82 Å². The van der Waals surface area contributed by atoms with E-state index >= 15 is 0 Å². The fourth-order valence-electron chi connectivity index (χ4n) is 3.95. The van der Waals surface area contributed by atoms with Gasteiger partial charge < -0.3 is 14.6 Å². The highest BCUT2D eigenvalue weighted by molar-refractivity contribution is 6.05. The SMILES string of the molecule is CCc1ccc(-c2ccc3c(c2)C(=O)Nc2cccc(n2)-c2nccn2CCCOC3)cn1. The minimum absolute atomic E-state index is 0.223. The molecule has 4 heterocycles. The third kappa shape index (κ3) is 4.54. The topological polar surface area (TPSA) is 81.9 Å². The summed E-state index contributed by atoms with van der Waals surface area (Å²) in [5, 5.41) is 2.95. The quantitative estimate of drug-likeness (QED) is 0.488. The van der Waals surface area contributed by atoms with Gasteiger partial charge in [0.25, 0.3) is 5.91 Å². The summed E-state index contributed by atoms with van der Waals surface area (Å²) in [6, 6.07) is 15.5. The van der Waals surface area contributed by atoms with Crippen LogP contribution >= 0.6 is 0 Å². The van der Waals surface area contributed by atoms with Crippen LogP contribution in [0.3, 0.4) is 0 Å². The van der Waals surface area contributed by atoms with Crippen LogP contribution in [-0.4, -0.2) is 32.0 Å². The molecule has 4 aromatic rings. The molecule has 0 spiro atoms. The standard InChI is InChI=1S/C26H25N5O2/c1-2-21-10-9-19(16-28-21)18-7-8-20-17-33-14-4-12-31-13-11-27-25(31)23-5-3-6-24(29-23)30-26(32)22(20)15-18/h3,5-11,13,15-16H,2,4,12,14,17H2,1H3,(H,29,30,32). The van der Waals surface area contributed by atoms with E-state index in [4.69, 9.17) is 4.74 Å².